The van der Waals surface area contributed by atoms with Gasteiger partial charge in [-0.25, -0.2) is 0 Å². The van der Waals surface area contributed by atoms with Crippen molar-refractivity contribution in [1.29, 1.82) is 0 Å². The summed E-state index contributed by atoms with van der Waals surface area (Å²) in [5.74, 6) is -0.482. The maximum Gasteiger partial charge on any atom is 0.305 e. The summed E-state index contributed by atoms with van der Waals surface area (Å²) in [6.45, 7) is -0.125. The average Bonchev–Trinajstić information content (AvgIpc) is 3.76. The van der Waals surface area contributed by atoms with Crippen molar-refractivity contribution in [3.63, 3.8) is 0 Å². The molecule has 2 aliphatic heterocycles. The van der Waals surface area contributed by atoms with Crippen LogP contribution in [0.25, 0.3) is 0 Å². The van der Waals surface area contributed by atoms with Crippen molar-refractivity contribution < 1.29 is 19.1 Å². The van der Waals surface area contributed by atoms with Gasteiger partial charge in [-0.15, -0.1) is 11.8 Å². The van der Waals surface area contributed by atoms with Gasteiger partial charge in [-0.1, -0.05) is 57.6 Å². The number of aromatic nitrogens is 1. The van der Waals surface area contributed by atoms with Gasteiger partial charge in [-0.2, -0.15) is 0 Å². The number of aromatic amines is 1. The van der Waals surface area contributed by atoms with Gasteiger partial charge >= 0.3 is 4.87 Å². The highest BCUT2D eigenvalue weighted by molar-refractivity contribution is 9.10. The topological polar surface area (TPSA) is 109 Å². The number of hydrogen-bond acceptors (Lipinski definition) is 7. The number of carbonyl (C=O) groups is 3. The summed E-state index contributed by atoms with van der Waals surface area (Å²) in [5, 5.41) is 3.80. The summed E-state index contributed by atoms with van der Waals surface area (Å²) in [6, 6.07) is 24.2. The normalized spacial score (nSPS) is 28.0. The lowest BCUT2D eigenvalue weighted by Gasteiger charge is -2.43. The summed E-state index contributed by atoms with van der Waals surface area (Å²) < 4.78 is 6.66. The molecule has 0 spiro atoms. The van der Waals surface area contributed by atoms with E-state index >= 15 is 0 Å². The molecular formula is C33H26BrN3O5S2. The van der Waals surface area contributed by atoms with E-state index in [9.17, 15) is 19.2 Å². The summed E-state index contributed by atoms with van der Waals surface area (Å²) in [7, 11) is 0. The van der Waals surface area contributed by atoms with Crippen LogP contribution in [-0.2, 0) is 14.4 Å². The number of para-hydroxylation sites is 1. The van der Waals surface area contributed by atoms with Gasteiger partial charge < -0.3 is 15.0 Å². The Hall–Kier alpha value is -3.67. The first kappa shape index (κ1) is 27.8. The van der Waals surface area contributed by atoms with Crippen molar-refractivity contribution >= 4 is 68.1 Å². The van der Waals surface area contributed by atoms with Gasteiger partial charge in [0.2, 0.25) is 11.8 Å². The monoisotopic (exact) mass is 687 g/mol. The quantitative estimate of drug-likeness (QED) is 0.245. The van der Waals surface area contributed by atoms with Gasteiger partial charge in [0.05, 0.1) is 22.5 Å². The number of imide groups is 1. The first-order chi connectivity index (χ1) is 21.4. The van der Waals surface area contributed by atoms with Gasteiger partial charge in [0.25, 0.3) is 5.91 Å². The molecule has 1 saturated heterocycles. The fraction of sp³-hybridized carbons (Fsp3) is 0.273. The molecule has 1 aromatic heterocycles. The lowest BCUT2D eigenvalue weighted by molar-refractivity contribution is -0.123. The maximum atomic E-state index is 13.9. The Morgan fingerprint density at radius 2 is 1.64 bits per heavy atom. The highest BCUT2D eigenvalue weighted by Crippen LogP contribution is 2.68. The Morgan fingerprint density at radius 1 is 0.932 bits per heavy atom. The van der Waals surface area contributed by atoms with Crippen molar-refractivity contribution in [3.05, 3.63) is 103 Å². The van der Waals surface area contributed by atoms with Gasteiger partial charge in [-0.3, -0.25) is 24.1 Å². The Kier molecular flexibility index (Phi) is 6.80. The van der Waals surface area contributed by atoms with Crippen LogP contribution in [0.3, 0.4) is 0 Å². The van der Waals surface area contributed by atoms with Gasteiger partial charge in [0.1, 0.15) is 5.75 Å². The van der Waals surface area contributed by atoms with Crippen LogP contribution in [0.5, 0.6) is 5.75 Å². The minimum atomic E-state index is -0.358. The van der Waals surface area contributed by atoms with E-state index in [1.54, 1.807) is 11.8 Å². The minimum Gasteiger partial charge on any atom is -0.484 e. The molecule has 2 bridgehead atoms. The van der Waals surface area contributed by atoms with Crippen LogP contribution in [0.1, 0.15) is 22.8 Å². The first-order valence-electron chi connectivity index (χ1n) is 14.5. The Labute approximate surface area is 269 Å². The molecule has 8 nitrogen and oxygen atoms in total. The summed E-state index contributed by atoms with van der Waals surface area (Å²) in [4.78, 5) is 58.0. The standard InChI is InChI=1S/C33H26BrN3O5S2/c34-17-8-10-19(11-9-17)37-31(39)26-21-14-22(27(26)32(37)40)28-25(21)24(29-30(43-28)36-33(41)44-29)16-6-12-20(13-7-16)42-15-23(38)35-18-4-2-1-3-5-18/h1-13,21-22,24-28H,14-15H2,(H,35,38)(H,36,41)/t21-,22-,24+,25-,26+,27+,28-/m1/s1. The van der Waals surface area contributed by atoms with E-state index in [1.807, 2.05) is 78.9 Å². The largest absolute Gasteiger partial charge is 0.484 e. The predicted molar refractivity (Wildman–Crippen MR) is 172 cm³/mol. The van der Waals surface area contributed by atoms with Crippen LogP contribution in [-0.4, -0.2) is 34.6 Å². The molecule has 2 aliphatic carbocycles. The lowest BCUT2D eigenvalue weighted by atomic mass is 9.68. The van der Waals surface area contributed by atoms with E-state index in [2.05, 4.69) is 26.2 Å². The van der Waals surface area contributed by atoms with Crippen LogP contribution in [0.15, 0.2) is 93.2 Å². The number of H-pyrrole nitrogens is 1. The van der Waals surface area contributed by atoms with Crippen molar-refractivity contribution in [1.82, 2.24) is 4.98 Å². The van der Waals surface area contributed by atoms with Gasteiger partial charge in [0, 0.05) is 26.2 Å². The Morgan fingerprint density at radius 3 is 2.36 bits per heavy atom. The van der Waals surface area contributed by atoms with Crippen LogP contribution < -0.4 is 19.8 Å². The number of rotatable bonds is 6. The molecule has 2 saturated carbocycles. The van der Waals surface area contributed by atoms with E-state index < -0.39 is 0 Å². The molecule has 7 atom stereocenters. The summed E-state index contributed by atoms with van der Waals surface area (Å²) in [6.07, 6.45) is 0.830. The number of ether oxygens (including phenoxy) is 1. The van der Waals surface area contributed by atoms with Crippen LogP contribution in [0.4, 0.5) is 11.4 Å². The number of hydrogen-bond donors (Lipinski definition) is 2. The molecule has 0 radical (unpaired) electrons. The second-order valence-electron chi connectivity index (χ2n) is 11.7. The van der Waals surface area contributed by atoms with Crippen molar-refractivity contribution in [2.75, 3.05) is 16.8 Å². The van der Waals surface area contributed by atoms with Crippen LogP contribution in [0.2, 0.25) is 0 Å². The molecule has 44 heavy (non-hydrogen) atoms. The van der Waals surface area contributed by atoms with E-state index in [0.717, 1.165) is 26.4 Å². The maximum absolute atomic E-state index is 13.9. The van der Waals surface area contributed by atoms with Gasteiger partial charge in [-0.05, 0) is 78.3 Å². The number of halogens is 1. The number of carbonyl (C=O) groups excluding carboxylic acids is 3. The van der Waals surface area contributed by atoms with E-state index in [0.29, 0.717) is 17.1 Å². The second-order valence-corrected chi connectivity index (χ2v) is 14.8. The van der Waals surface area contributed by atoms with Crippen LogP contribution >= 0.6 is 39.0 Å². The van der Waals surface area contributed by atoms with Crippen molar-refractivity contribution in [3.8, 4) is 5.75 Å². The zero-order chi connectivity index (χ0) is 30.1. The third kappa shape index (κ3) is 4.47. The molecular weight excluding hydrogens is 662 g/mol. The molecule has 3 fully saturated rings. The van der Waals surface area contributed by atoms with E-state index in [4.69, 9.17) is 4.74 Å². The lowest BCUT2D eigenvalue weighted by Crippen LogP contribution is -2.42. The molecule has 222 valence electrons. The fourth-order valence-electron chi connectivity index (χ4n) is 7.87. The Balaban J connectivity index is 1.06. The smallest absolute Gasteiger partial charge is 0.305 e. The zero-order valence-corrected chi connectivity index (χ0v) is 26.4. The highest BCUT2D eigenvalue weighted by Gasteiger charge is 2.69. The molecule has 3 amide bonds. The number of nitrogens with one attached hydrogen (secondary N) is 2. The highest BCUT2D eigenvalue weighted by atomic mass is 79.9. The average molecular weight is 689 g/mol. The van der Waals surface area contributed by atoms with Gasteiger partial charge in [0.15, 0.2) is 6.61 Å². The second kappa shape index (κ2) is 10.7. The third-order valence-electron chi connectivity index (χ3n) is 9.48. The summed E-state index contributed by atoms with van der Waals surface area (Å²) >= 11 is 6.34. The number of benzene rings is 3. The number of amides is 3. The minimum absolute atomic E-state index is 0.0346. The number of thiazole rings is 1. The van der Waals surface area contributed by atoms with Crippen molar-refractivity contribution in [2.45, 2.75) is 22.6 Å². The molecule has 3 heterocycles. The molecule has 11 heteroatoms. The summed E-state index contributed by atoms with van der Waals surface area (Å²) in [5.41, 5.74) is 2.35. The predicted octanol–water partition coefficient (Wildman–Crippen LogP) is 5.89. The fourth-order valence-corrected chi connectivity index (χ4v) is 11.0. The SMILES string of the molecule is O=C(COc1ccc([C@@H]2c3sc(=O)[nH]c3S[C@@H]3[C@@H]4C[C@@H]([C@@H]5C(=O)N(c6ccc(Br)cc6)C(=O)[C@@H]45)[C@H]23)cc1)Nc1ccccc1. The molecule has 2 N–H and O–H groups in total. The number of thioether (sulfide) groups is 1. The molecule has 3 aromatic carbocycles. The molecule has 0 unspecified atom stereocenters. The Bertz CT molecular complexity index is 1840. The van der Waals surface area contributed by atoms with E-state index in [-0.39, 0.29) is 70.0 Å². The number of nitrogens with zero attached hydrogens (tertiary/aromatic N) is 1. The third-order valence-corrected chi connectivity index (χ3v) is 12.6. The molecule has 4 aromatic rings. The first-order valence-corrected chi connectivity index (χ1v) is 17.0. The number of fused-ring (bicyclic) bond motifs is 9. The molecule has 4 aliphatic rings. The van der Waals surface area contributed by atoms with Crippen molar-refractivity contribution in [2.24, 2.45) is 29.6 Å². The van der Waals surface area contributed by atoms with E-state index in [1.165, 1.54) is 16.2 Å². The van der Waals surface area contributed by atoms with Crippen LogP contribution in [0, 0.1) is 29.6 Å². The zero-order valence-electron chi connectivity index (χ0n) is 23.1. The molecule has 8 rings (SSSR count). The number of anilines is 2.